The lowest BCUT2D eigenvalue weighted by Gasteiger charge is -2.11. The SMILES string of the molecule is CCCCCCCCCCCCCCc1ccc(S(=O)(=O)Nc2cccc3cccnc23)cc1. The van der Waals surface area contributed by atoms with Crippen molar-refractivity contribution in [3.05, 3.63) is 66.4 Å². The van der Waals surface area contributed by atoms with Gasteiger partial charge in [0.25, 0.3) is 10.0 Å². The summed E-state index contributed by atoms with van der Waals surface area (Å²) in [5.74, 6) is 0. The first-order chi connectivity index (χ1) is 16.6. The largest absolute Gasteiger partial charge is 0.277 e. The van der Waals surface area contributed by atoms with Crippen molar-refractivity contribution in [1.29, 1.82) is 0 Å². The van der Waals surface area contributed by atoms with E-state index in [0.29, 0.717) is 11.2 Å². The van der Waals surface area contributed by atoms with E-state index >= 15 is 0 Å². The molecule has 3 rings (SSSR count). The Morgan fingerprint density at radius 2 is 1.29 bits per heavy atom. The number of para-hydroxylation sites is 1. The Morgan fingerprint density at radius 3 is 1.94 bits per heavy atom. The summed E-state index contributed by atoms with van der Waals surface area (Å²) in [5, 5.41) is 0.903. The van der Waals surface area contributed by atoms with E-state index in [9.17, 15) is 8.42 Å². The van der Waals surface area contributed by atoms with Gasteiger partial charge in [-0.15, -0.1) is 0 Å². The molecule has 0 amide bonds. The summed E-state index contributed by atoms with van der Waals surface area (Å²) in [6.45, 7) is 2.27. The molecule has 0 unspecified atom stereocenters. The second kappa shape index (κ2) is 14.1. The molecule has 184 valence electrons. The van der Waals surface area contributed by atoms with Gasteiger partial charge in [0.05, 0.1) is 16.1 Å². The van der Waals surface area contributed by atoms with Crippen molar-refractivity contribution >= 4 is 26.6 Å². The van der Waals surface area contributed by atoms with Gasteiger partial charge < -0.3 is 0 Å². The monoisotopic (exact) mass is 480 g/mol. The molecule has 1 heterocycles. The number of pyridine rings is 1. The number of hydrogen-bond donors (Lipinski definition) is 1. The Bertz CT molecular complexity index is 1090. The van der Waals surface area contributed by atoms with E-state index in [0.717, 1.165) is 18.2 Å². The average molecular weight is 481 g/mol. The number of sulfonamides is 1. The highest BCUT2D eigenvalue weighted by molar-refractivity contribution is 7.92. The fourth-order valence-electron chi connectivity index (χ4n) is 4.40. The Hall–Kier alpha value is -2.40. The lowest BCUT2D eigenvalue weighted by atomic mass is 10.0. The van der Waals surface area contributed by atoms with Crippen molar-refractivity contribution in [2.75, 3.05) is 4.72 Å². The zero-order chi connectivity index (χ0) is 24.1. The van der Waals surface area contributed by atoms with Crippen LogP contribution in [0.25, 0.3) is 10.9 Å². The molecule has 0 spiro atoms. The number of fused-ring (bicyclic) bond motifs is 1. The van der Waals surface area contributed by atoms with Crippen LogP contribution in [-0.4, -0.2) is 13.4 Å². The Labute approximate surface area is 206 Å². The zero-order valence-corrected chi connectivity index (χ0v) is 21.5. The van der Waals surface area contributed by atoms with Crippen molar-refractivity contribution < 1.29 is 8.42 Å². The Balaban J connectivity index is 1.37. The predicted octanol–water partition coefficient (Wildman–Crippen LogP) is 8.28. The van der Waals surface area contributed by atoms with Crippen LogP contribution < -0.4 is 4.72 Å². The standard InChI is InChI=1S/C29H40N2O2S/c1-2-3-4-5-6-7-8-9-10-11-12-13-16-25-20-22-27(23-21-25)34(32,33)31-28-19-14-17-26-18-15-24-30-29(26)28/h14-15,17-24,31H,2-13,16H2,1H3. The molecule has 0 aliphatic heterocycles. The van der Waals surface area contributed by atoms with Gasteiger partial charge in [0.2, 0.25) is 0 Å². The summed E-state index contributed by atoms with van der Waals surface area (Å²) < 4.78 is 28.5. The minimum atomic E-state index is -3.66. The summed E-state index contributed by atoms with van der Waals surface area (Å²) in [6, 6.07) is 16.6. The third kappa shape index (κ3) is 8.43. The number of nitrogens with zero attached hydrogens (tertiary/aromatic N) is 1. The molecule has 0 atom stereocenters. The molecular weight excluding hydrogens is 440 g/mol. The summed E-state index contributed by atoms with van der Waals surface area (Å²) in [4.78, 5) is 4.61. The molecule has 0 fully saturated rings. The van der Waals surface area contributed by atoms with E-state index in [1.54, 1.807) is 24.4 Å². The second-order valence-corrected chi connectivity index (χ2v) is 11.0. The molecule has 2 aromatic carbocycles. The van der Waals surface area contributed by atoms with E-state index in [1.165, 1.54) is 76.2 Å². The lowest BCUT2D eigenvalue weighted by Crippen LogP contribution is -2.13. The van der Waals surface area contributed by atoms with E-state index < -0.39 is 10.0 Å². The number of unbranched alkanes of at least 4 members (excludes halogenated alkanes) is 11. The number of rotatable bonds is 16. The molecule has 4 nitrogen and oxygen atoms in total. The van der Waals surface area contributed by atoms with Gasteiger partial charge >= 0.3 is 0 Å². The maximum absolute atomic E-state index is 12.9. The van der Waals surface area contributed by atoms with Gasteiger partial charge in [-0.2, -0.15) is 0 Å². The number of aryl methyl sites for hydroxylation is 1. The minimum Gasteiger partial charge on any atom is -0.277 e. The topological polar surface area (TPSA) is 59.1 Å². The van der Waals surface area contributed by atoms with Crippen molar-refractivity contribution in [2.24, 2.45) is 0 Å². The highest BCUT2D eigenvalue weighted by Crippen LogP contribution is 2.24. The van der Waals surface area contributed by atoms with Gasteiger partial charge in [-0.05, 0) is 42.7 Å². The third-order valence-corrected chi connectivity index (χ3v) is 7.81. The van der Waals surface area contributed by atoms with Crippen LogP contribution >= 0.6 is 0 Å². The molecule has 0 bridgehead atoms. The maximum Gasteiger partial charge on any atom is 0.261 e. The Kier molecular flexibility index (Phi) is 10.9. The number of nitrogens with one attached hydrogen (secondary N) is 1. The van der Waals surface area contributed by atoms with Gasteiger partial charge in [0.15, 0.2) is 0 Å². The molecule has 0 saturated carbocycles. The van der Waals surface area contributed by atoms with Crippen LogP contribution in [0.15, 0.2) is 65.7 Å². The highest BCUT2D eigenvalue weighted by atomic mass is 32.2. The molecule has 0 saturated heterocycles. The second-order valence-electron chi connectivity index (χ2n) is 9.27. The van der Waals surface area contributed by atoms with Gasteiger partial charge in [-0.25, -0.2) is 8.42 Å². The van der Waals surface area contributed by atoms with Crippen molar-refractivity contribution in [1.82, 2.24) is 4.98 Å². The van der Waals surface area contributed by atoms with Crippen LogP contribution in [0.4, 0.5) is 5.69 Å². The number of anilines is 1. The smallest absolute Gasteiger partial charge is 0.261 e. The summed E-state index contributed by atoms with van der Waals surface area (Å²) in [6.07, 6.45) is 18.8. The van der Waals surface area contributed by atoms with Crippen molar-refractivity contribution in [3.63, 3.8) is 0 Å². The van der Waals surface area contributed by atoms with E-state index in [-0.39, 0.29) is 4.90 Å². The molecule has 0 aliphatic rings. The van der Waals surface area contributed by atoms with Crippen molar-refractivity contribution in [3.8, 4) is 0 Å². The molecule has 1 N–H and O–H groups in total. The fourth-order valence-corrected chi connectivity index (χ4v) is 5.46. The first-order valence-corrected chi connectivity index (χ1v) is 14.5. The molecule has 34 heavy (non-hydrogen) atoms. The van der Waals surface area contributed by atoms with E-state index in [4.69, 9.17) is 0 Å². The average Bonchev–Trinajstić information content (AvgIpc) is 2.85. The molecule has 0 radical (unpaired) electrons. The normalized spacial score (nSPS) is 11.7. The van der Waals surface area contributed by atoms with Gasteiger partial charge in [-0.3, -0.25) is 9.71 Å². The first kappa shape index (κ1) is 26.2. The third-order valence-electron chi connectivity index (χ3n) is 6.43. The van der Waals surface area contributed by atoms with Crippen LogP contribution in [0.2, 0.25) is 0 Å². The molecule has 5 heteroatoms. The molecular formula is C29H40N2O2S. The lowest BCUT2D eigenvalue weighted by molar-refractivity contribution is 0.544. The van der Waals surface area contributed by atoms with Crippen LogP contribution in [0.5, 0.6) is 0 Å². The zero-order valence-electron chi connectivity index (χ0n) is 20.6. The predicted molar refractivity (Wildman–Crippen MR) is 144 cm³/mol. The summed E-state index contributed by atoms with van der Waals surface area (Å²) in [5.41, 5.74) is 2.34. The van der Waals surface area contributed by atoms with Crippen LogP contribution in [0, 0.1) is 0 Å². The van der Waals surface area contributed by atoms with Gasteiger partial charge in [0.1, 0.15) is 0 Å². The van der Waals surface area contributed by atoms with Crippen molar-refractivity contribution in [2.45, 2.75) is 95.3 Å². The quantitative estimate of drug-likeness (QED) is 0.210. The molecule has 3 aromatic rings. The van der Waals surface area contributed by atoms with Crippen LogP contribution in [-0.2, 0) is 16.4 Å². The first-order valence-electron chi connectivity index (χ1n) is 13.1. The summed E-state index contributed by atoms with van der Waals surface area (Å²) >= 11 is 0. The summed E-state index contributed by atoms with van der Waals surface area (Å²) in [7, 11) is -3.66. The van der Waals surface area contributed by atoms with Gasteiger partial charge in [-0.1, -0.05) is 108 Å². The maximum atomic E-state index is 12.9. The highest BCUT2D eigenvalue weighted by Gasteiger charge is 2.15. The van der Waals surface area contributed by atoms with Gasteiger partial charge in [0, 0.05) is 11.6 Å². The number of aromatic nitrogens is 1. The van der Waals surface area contributed by atoms with E-state index in [2.05, 4.69) is 16.6 Å². The minimum absolute atomic E-state index is 0.277. The number of hydrogen-bond acceptors (Lipinski definition) is 3. The number of benzene rings is 2. The van der Waals surface area contributed by atoms with Crippen LogP contribution in [0.1, 0.15) is 89.5 Å². The fraction of sp³-hybridized carbons (Fsp3) is 0.483. The Morgan fingerprint density at radius 1 is 0.706 bits per heavy atom. The molecule has 0 aliphatic carbocycles. The van der Waals surface area contributed by atoms with E-state index in [1.807, 2.05) is 36.4 Å². The van der Waals surface area contributed by atoms with Crippen LogP contribution in [0.3, 0.4) is 0 Å². The molecule has 1 aromatic heterocycles.